The Balaban J connectivity index is 2.47. The number of hydrogen-bond acceptors (Lipinski definition) is 3. The van der Waals surface area contributed by atoms with Crippen LogP contribution in [0.2, 0.25) is 0 Å². The molecule has 18 heavy (non-hydrogen) atoms. The predicted octanol–water partition coefficient (Wildman–Crippen LogP) is 1.97. The molecule has 1 amide bonds. The van der Waals surface area contributed by atoms with Gasteiger partial charge in [0.05, 0.1) is 6.54 Å². The lowest BCUT2D eigenvalue weighted by molar-refractivity contribution is -0.115. The molecule has 0 aliphatic heterocycles. The van der Waals surface area contributed by atoms with Gasteiger partial charge in [0, 0.05) is 18.3 Å². The fourth-order valence-electron chi connectivity index (χ4n) is 1.31. The molecular formula is C14H18N2O2. The highest BCUT2D eigenvalue weighted by Gasteiger charge is 2.02. The predicted molar refractivity (Wildman–Crippen MR) is 73.8 cm³/mol. The van der Waals surface area contributed by atoms with Crippen LogP contribution >= 0.6 is 0 Å². The van der Waals surface area contributed by atoms with Crippen LogP contribution in [-0.4, -0.2) is 25.6 Å². The molecule has 1 aromatic rings. The summed E-state index contributed by atoms with van der Waals surface area (Å²) in [5.41, 5.74) is 0.710. The lowest BCUT2D eigenvalue weighted by Crippen LogP contribution is -2.28. The van der Waals surface area contributed by atoms with Crippen molar-refractivity contribution in [1.29, 1.82) is 0 Å². The van der Waals surface area contributed by atoms with Gasteiger partial charge in [-0.1, -0.05) is 24.8 Å². The minimum absolute atomic E-state index is 0.0993. The number of amides is 1. The average molecular weight is 246 g/mol. The van der Waals surface area contributed by atoms with Crippen molar-refractivity contribution in [2.45, 2.75) is 0 Å². The summed E-state index contributed by atoms with van der Waals surface area (Å²) in [4.78, 5) is 11.5. The lowest BCUT2D eigenvalue weighted by Gasteiger charge is -2.08. The molecule has 0 saturated carbocycles. The first-order valence-electron chi connectivity index (χ1n) is 5.71. The summed E-state index contributed by atoms with van der Waals surface area (Å²) < 4.78 is 5.38. The second kappa shape index (κ2) is 8.08. The molecule has 0 radical (unpaired) electrons. The van der Waals surface area contributed by atoms with Crippen LogP contribution in [0.4, 0.5) is 5.69 Å². The van der Waals surface area contributed by atoms with Crippen LogP contribution in [0.25, 0.3) is 0 Å². The van der Waals surface area contributed by atoms with Crippen molar-refractivity contribution in [3.8, 4) is 5.75 Å². The zero-order valence-corrected chi connectivity index (χ0v) is 10.3. The molecule has 4 heteroatoms. The SMILES string of the molecule is C=CCNCC(=O)Nc1cccc(OCC=C)c1. The summed E-state index contributed by atoms with van der Waals surface area (Å²) in [5, 5.41) is 5.71. The normalized spacial score (nSPS) is 9.56. The molecule has 0 aliphatic carbocycles. The molecule has 0 saturated heterocycles. The lowest BCUT2D eigenvalue weighted by atomic mass is 10.3. The Hall–Kier alpha value is -2.07. The van der Waals surface area contributed by atoms with E-state index < -0.39 is 0 Å². The molecule has 0 atom stereocenters. The van der Waals surface area contributed by atoms with Gasteiger partial charge in [0.1, 0.15) is 12.4 Å². The van der Waals surface area contributed by atoms with Crippen LogP contribution in [0.1, 0.15) is 0 Å². The van der Waals surface area contributed by atoms with Crippen LogP contribution in [0, 0.1) is 0 Å². The number of hydrogen-bond donors (Lipinski definition) is 2. The first kappa shape index (κ1) is 14.0. The van der Waals surface area contributed by atoms with Crippen molar-refractivity contribution in [1.82, 2.24) is 5.32 Å². The fraction of sp³-hybridized carbons (Fsp3) is 0.214. The average Bonchev–Trinajstić information content (AvgIpc) is 2.37. The molecule has 1 aromatic carbocycles. The number of ether oxygens (including phenoxy) is 1. The number of benzene rings is 1. The molecule has 4 nitrogen and oxygen atoms in total. The Labute approximate surface area is 107 Å². The highest BCUT2D eigenvalue weighted by atomic mass is 16.5. The van der Waals surface area contributed by atoms with Crippen molar-refractivity contribution >= 4 is 11.6 Å². The molecular weight excluding hydrogens is 228 g/mol. The topological polar surface area (TPSA) is 50.4 Å². The van der Waals surface area contributed by atoms with Crippen molar-refractivity contribution < 1.29 is 9.53 Å². The third-order valence-corrected chi connectivity index (χ3v) is 2.06. The zero-order chi connectivity index (χ0) is 13.2. The van der Waals surface area contributed by atoms with Gasteiger partial charge in [-0.05, 0) is 12.1 Å². The second-order valence-electron chi connectivity index (χ2n) is 3.60. The van der Waals surface area contributed by atoms with Crippen molar-refractivity contribution in [3.05, 3.63) is 49.6 Å². The third kappa shape index (κ3) is 5.32. The Kier molecular flexibility index (Phi) is 6.28. The summed E-state index contributed by atoms with van der Waals surface area (Å²) in [7, 11) is 0. The summed E-state index contributed by atoms with van der Waals surface area (Å²) >= 11 is 0. The number of carbonyl (C=O) groups excluding carboxylic acids is 1. The van der Waals surface area contributed by atoms with Crippen LogP contribution in [0.15, 0.2) is 49.6 Å². The molecule has 0 spiro atoms. The fourth-order valence-corrected chi connectivity index (χ4v) is 1.31. The maximum Gasteiger partial charge on any atom is 0.238 e. The first-order chi connectivity index (χ1) is 8.76. The Morgan fingerprint density at radius 2 is 2.17 bits per heavy atom. The number of carbonyl (C=O) groups is 1. The Morgan fingerprint density at radius 1 is 1.33 bits per heavy atom. The van der Waals surface area contributed by atoms with Crippen LogP contribution in [-0.2, 0) is 4.79 Å². The van der Waals surface area contributed by atoms with E-state index in [2.05, 4.69) is 23.8 Å². The van der Waals surface area contributed by atoms with Crippen LogP contribution in [0.5, 0.6) is 5.75 Å². The van der Waals surface area contributed by atoms with Crippen molar-refractivity contribution in [3.63, 3.8) is 0 Å². The van der Waals surface area contributed by atoms with E-state index in [4.69, 9.17) is 4.74 Å². The van der Waals surface area contributed by atoms with E-state index in [1.165, 1.54) is 0 Å². The molecule has 0 fully saturated rings. The molecule has 1 rings (SSSR count). The molecule has 0 heterocycles. The monoisotopic (exact) mass is 246 g/mol. The van der Waals surface area contributed by atoms with Crippen LogP contribution in [0.3, 0.4) is 0 Å². The molecule has 96 valence electrons. The standard InChI is InChI=1S/C14H18N2O2/c1-3-8-15-11-14(17)16-12-6-5-7-13(10-12)18-9-4-2/h3-7,10,15H,1-2,8-9,11H2,(H,16,17). The van der Waals surface area contributed by atoms with Gasteiger partial charge >= 0.3 is 0 Å². The highest BCUT2D eigenvalue weighted by molar-refractivity contribution is 5.92. The molecule has 0 aromatic heterocycles. The summed E-state index contributed by atoms with van der Waals surface area (Å²) in [6.45, 7) is 8.44. The van der Waals surface area contributed by atoms with Crippen molar-refractivity contribution in [2.75, 3.05) is 25.0 Å². The Morgan fingerprint density at radius 3 is 2.89 bits per heavy atom. The summed E-state index contributed by atoms with van der Waals surface area (Å²) in [5.74, 6) is 0.601. The van der Waals surface area contributed by atoms with E-state index in [9.17, 15) is 4.79 Å². The Bertz CT molecular complexity index is 416. The van der Waals surface area contributed by atoms with E-state index in [1.807, 2.05) is 18.2 Å². The number of rotatable bonds is 8. The van der Waals surface area contributed by atoms with Gasteiger partial charge in [-0.2, -0.15) is 0 Å². The number of anilines is 1. The van der Waals surface area contributed by atoms with E-state index in [0.717, 1.165) is 0 Å². The largest absolute Gasteiger partial charge is 0.489 e. The minimum atomic E-state index is -0.0993. The molecule has 0 aliphatic rings. The minimum Gasteiger partial charge on any atom is -0.489 e. The summed E-state index contributed by atoms with van der Waals surface area (Å²) in [6.07, 6.45) is 3.38. The van der Waals surface area contributed by atoms with Gasteiger partial charge in [-0.15, -0.1) is 6.58 Å². The maximum absolute atomic E-state index is 11.5. The van der Waals surface area contributed by atoms with Gasteiger partial charge < -0.3 is 15.4 Å². The summed E-state index contributed by atoms with van der Waals surface area (Å²) in [6, 6.07) is 7.24. The van der Waals surface area contributed by atoms with Gasteiger partial charge in [0.2, 0.25) is 5.91 Å². The van der Waals surface area contributed by atoms with Crippen LogP contribution < -0.4 is 15.4 Å². The molecule has 0 unspecified atom stereocenters. The highest BCUT2D eigenvalue weighted by Crippen LogP contribution is 2.17. The molecule has 2 N–H and O–H groups in total. The smallest absolute Gasteiger partial charge is 0.238 e. The van der Waals surface area contributed by atoms with Crippen molar-refractivity contribution in [2.24, 2.45) is 0 Å². The van der Waals surface area contributed by atoms with E-state index in [-0.39, 0.29) is 12.5 Å². The van der Waals surface area contributed by atoms with Gasteiger partial charge in [0.15, 0.2) is 0 Å². The quantitative estimate of drug-likeness (QED) is 0.544. The number of nitrogens with one attached hydrogen (secondary N) is 2. The zero-order valence-electron chi connectivity index (χ0n) is 10.3. The first-order valence-corrected chi connectivity index (χ1v) is 5.71. The molecule has 0 bridgehead atoms. The van der Waals surface area contributed by atoms with E-state index in [0.29, 0.717) is 24.6 Å². The second-order valence-corrected chi connectivity index (χ2v) is 3.60. The van der Waals surface area contributed by atoms with E-state index in [1.54, 1.807) is 18.2 Å². The van der Waals surface area contributed by atoms with Gasteiger partial charge in [0.25, 0.3) is 0 Å². The van der Waals surface area contributed by atoms with Gasteiger partial charge in [-0.3, -0.25) is 4.79 Å². The maximum atomic E-state index is 11.5. The van der Waals surface area contributed by atoms with Gasteiger partial charge in [-0.25, -0.2) is 0 Å². The third-order valence-electron chi connectivity index (χ3n) is 2.06. The van der Waals surface area contributed by atoms with E-state index >= 15 is 0 Å².